The molecule has 1 aromatic carbocycles. The summed E-state index contributed by atoms with van der Waals surface area (Å²) in [6, 6.07) is 3.57. The molecule has 1 nitrogen and oxygen atoms in total. The number of nitrogens with two attached hydrogens (primary N) is 1. The van der Waals surface area contributed by atoms with Crippen LogP contribution in [0.2, 0.25) is 10.0 Å². The van der Waals surface area contributed by atoms with Crippen LogP contribution in [0.15, 0.2) is 12.1 Å². The summed E-state index contributed by atoms with van der Waals surface area (Å²) in [7, 11) is 0. The first kappa shape index (κ1) is 11.6. The Morgan fingerprint density at radius 2 is 1.67 bits per heavy atom. The molecule has 0 aromatic heterocycles. The maximum Gasteiger partial charge on any atom is 0.0695 e. The van der Waals surface area contributed by atoms with Crippen molar-refractivity contribution in [3.8, 4) is 0 Å². The van der Waals surface area contributed by atoms with Gasteiger partial charge in [-0.15, -0.1) is 0 Å². The number of aryl methyl sites for hydroxylation is 1. The van der Waals surface area contributed by atoms with Crippen LogP contribution in [0.5, 0.6) is 0 Å². The van der Waals surface area contributed by atoms with Crippen LogP contribution in [0.3, 0.4) is 0 Å². The standard InChI is InChI=1S/C7H7Cl2N.C2H6/c1-4-2-3-5(8)7(10)6(4)9;1-2/h2-3H,10H2,1H3;1-2H3. The van der Waals surface area contributed by atoms with Crippen LogP contribution >= 0.6 is 23.2 Å². The Hall–Kier alpha value is -0.400. The van der Waals surface area contributed by atoms with Gasteiger partial charge < -0.3 is 5.73 Å². The minimum atomic E-state index is 0.461. The van der Waals surface area contributed by atoms with Gasteiger partial charge in [-0.05, 0) is 18.6 Å². The summed E-state index contributed by atoms with van der Waals surface area (Å²) >= 11 is 11.4. The van der Waals surface area contributed by atoms with E-state index in [1.807, 2.05) is 26.8 Å². The van der Waals surface area contributed by atoms with E-state index >= 15 is 0 Å². The third-order valence-corrected chi connectivity index (χ3v) is 2.15. The summed E-state index contributed by atoms with van der Waals surface area (Å²) in [5, 5.41) is 1.06. The van der Waals surface area contributed by atoms with Gasteiger partial charge in [-0.3, -0.25) is 0 Å². The number of benzene rings is 1. The largest absolute Gasteiger partial charge is 0.396 e. The highest BCUT2D eigenvalue weighted by molar-refractivity contribution is 6.39. The summed E-state index contributed by atoms with van der Waals surface area (Å²) in [4.78, 5) is 0. The molecule has 2 N–H and O–H groups in total. The molecule has 0 aliphatic carbocycles. The lowest BCUT2D eigenvalue weighted by Gasteiger charge is -2.02. The van der Waals surface area contributed by atoms with Crippen molar-refractivity contribution < 1.29 is 0 Å². The molecule has 0 fully saturated rings. The van der Waals surface area contributed by atoms with Gasteiger partial charge in [0, 0.05) is 0 Å². The van der Waals surface area contributed by atoms with E-state index in [9.17, 15) is 0 Å². The SMILES string of the molecule is CC.Cc1ccc(Cl)c(N)c1Cl. The van der Waals surface area contributed by atoms with E-state index in [4.69, 9.17) is 28.9 Å². The Morgan fingerprint density at radius 1 is 1.17 bits per heavy atom. The maximum atomic E-state index is 5.77. The zero-order chi connectivity index (χ0) is 9.72. The lowest BCUT2D eigenvalue weighted by molar-refractivity contribution is 1.47. The minimum absolute atomic E-state index is 0.461. The highest BCUT2D eigenvalue weighted by Gasteiger charge is 2.02. The van der Waals surface area contributed by atoms with Crippen molar-refractivity contribution in [3.05, 3.63) is 27.7 Å². The lowest BCUT2D eigenvalue weighted by atomic mass is 10.2. The quantitative estimate of drug-likeness (QED) is 0.640. The topological polar surface area (TPSA) is 26.0 Å². The molecule has 0 aliphatic rings. The van der Waals surface area contributed by atoms with Gasteiger partial charge in [0.25, 0.3) is 0 Å². The van der Waals surface area contributed by atoms with E-state index in [1.165, 1.54) is 0 Å². The molecule has 0 bridgehead atoms. The fraction of sp³-hybridized carbons (Fsp3) is 0.333. The molecule has 0 amide bonds. The number of nitrogen functional groups attached to an aromatic ring is 1. The minimum Gasteiger partial charge on any atom is -0.396 e. The Balaban J connectivity index is 0.000000561. The van der Waals surface area contributed by atoms with Gasteiger partial charge in [0.05, 0.1) is 15.7 Å². The molecule has 3 heteroatoms. The van der Waals surface area contributed by atoms with E-state index in [0.29, 0.717) is 15.7 Å². The molecule has 0 saturated heterocycles. The monoisotopic (exact) mass is 205 g/mol. The van der Waals surface area contributed by atoms with Crippen LogP contribution in [0.1, 0.15) is 19.4 Å². The molecule has 0 aliphatic heterocycles. The van der Waals surface area contributed by atoms with Crippen molar-refractivity contribution >= 4 is 28.9 Å². The Labute approximate surface area is 83.5 Å². The predicted octanol–water partition coefficient (Wildman–Crippen LogP) is 3.91. The van der Waals surface area contributed by atoms with Crippen LogP contribution in [-0.2, 0) is 0 Å². The van der Waals surface area contributed by atoms with Gasteiger partial charge in [-0.1, -0.05) is 43.1 Å². The molecule has 0 unspecified atom stereocenters. The van der Waals surface area contributed by atoms with Crippen molar-refractivity contribution in [2.24, 2.45) is 0 Å². The third kappa shape index (κ3) is 2.58. The Bertz CT molecular complexity index is 232. The average molecular weight is 206 g/mol. The first-order valence-electron chi connectivity index (χ1n) is 3.83. The first-order chi connectivity index (χ1) is 5.63. The molecule has 0 spiro atoms. The van der Waals surface area contributed by atoms with Gasteiger partial charge in [-0.25, -0.2) is 0 Å². The predicted molar refractivity (Wildman–Crippen MR) is 57.0 cm³/mol. The summed E-state index contributed by atoms with van der Waals surface area (Å²) < 4.78 is 0. The molecule has 0 atom stereocenters. The second-order valence-corrected chi connectivity index (χ2v) is 2.88. The Morgan fingerprint density at radius 3 is 2.08 bits per heavy atom. The maximum absolute atomic E-state index is 5.77. The highest BCUT2D eigenvalue weighted by Crippen LogP contribution is 2.29. The van der Waals surface area contributed by atoms with Crippen LogP contribution < -0.4 is 5.73 Å². The molecule has 1 rings (SSSR count). The molecular formula is C9H13Cl2N. The number of hydrogen-bond donors (Lipinski definition) is 1. The van der Waals surface area contributed by atoms with Gasteiger partial charge >= 0.3 is 0 Å². The van der Waals surface area contributed by atoms with Crippen LogP contribution in [0.4, 0.5) is 5.69 Å². The zero-order valence-electron chi connectivity index (χ0n) is 7.49. The number of halogens is 2. The van der Waals surface area contributed by atoms with Crippen LogP contribution in [-0.4, -0.2) is 0 Å². The molecule has 0 radical (unpaired) electrons. The summed E-state index contributed by atoms with van der Waals surface area (Å²) in [5.74, 6) is 0. The van der Waals surface area contributed by atoms with Crippen molar-refractivity contribution in [2.75, 3.05) is 5.73 Å². The average Bonchev–Trinajstić information content (AvgIpc) is 2.12. The molecule has 0 saturated carbocycles. The van der Waals surface area contributed by atoms with Gasteiger partial charge in [0.2, 0.25) is 0 Å². The van der Waals surface area contributed by atoms with Crippen LogP contribution in [0, 0.1) is 6.92 Å². The summed E-state index contributed by atoms with van der Waals surface area (Å²) in [6.45, 7) is 5.88. The first-order valence-corrected chi connectivity index (χ1v) is 4.58. The molecule has 0 heterocycles. The second kappa shape index (κ2) is 5.28. The molecule has 1 aromatic rings. The normalized spacial score (nSPS) is 8.75. The van der Waals surface area contributed by atoms with Crippen molar-refractivity contribution in [2.45, 2.75) is 20.8 Å². The van der Waals surface area contributed by atoms with Gasteiger partial charge in [-0.2, -0.15) is 0 Å². The fourth-order valence-corrected chi connectivity index (χ4v) is 1.05. The number of rotatable bonds is 0. The smallest absolute Gasteiger partial charge is 0.0695 e. The second-order valence-electron chi connectivity index (χ2n) is 2.09. The van der Waals surface area contributed by atoms with Crippen LogP contribution in [0.25, 0.3) is 0 Å². The number of hydrogen-bond acceptors (Lipinski definition) is 1. The van der Waals surface area contributed by atoms with Gasteiger partial charge in [0.1, 0.15) is 0 Å². The van der Waals surface area contributed by atoms with Gasteiger partial charge in [0.15, 0.2) is 0 Å². The molecule has 68 valence electrons. The van der Waals surface area contributed by atoms with Crippen molar-refractivity contribution in [3.63, 3.8) is 0 Å². The van der Waals surface area contributed by atoms with Crippen molar-refractivity contribution in [1.82, 2.24) is 0 Å². The zero-order valence-corrected chi connectivity index (χ0v) is 9.00. The highest BCUT2D eigenvalue weighted by atomic mass is 35.5. The summed E-state index contributed by atoms with van der Waals surface area (Å²) in [5.41, 5.74) is 6.93. The van der Waals surface area contributed by atoms with E-state index < -0.39 is 0 Å². The Kier molecular flexibility index (Phi) is 5.11. The lowest BCUT2D eigenvalue weighted by Crippen LogP contribution is -1.89. The fourth-order valence-electron chi connectivity index (χ4n) is 0.678. The van der Waals surface area contributed by atoms with E-state index in [-0.39, 0.29) is 0 Å². The van der Waals surface area contributed by atoms with Crippen molar-refractivity contribution in [1.29, 1.82) is 0 Å². The van der Waals surface area contributed by atoms with E-state index in [0.717, 1.165) is 5.56 Å². The van der Waals surface area contributed by atoms with E-state index in [2.05, 4.69) is 0 Å². The molecular weight excluding hydrogens is 193 g/mol. The molecule has 12 heavy (non-hydrogen) atoms. The van der Waals surface area contributed by atoms with E-state index in [1.54, 1.807) is 6.07 Å². The summed E-state index contributed by atoms with van der Waals surface area (Å²) in [6.07, 6.45) is 0. The third-order valence-electron chi connectivity index (χ3n) is 1.32. The number of anilines is 1.